The fraction of sp³-hybridized carbons (Fsp3) is 0.300. The molecule has 2 aromatic carbocycles. The molecule has 0 saturated carbocycles. The van der Waals surface area contributed by atoms with Crippen molar-refractivity contribution in [3.05, 3.63) is 70.2 Å². The van der Waals surface area contributed by atoms with E-state index in [-0.39, 0.29) is 43.1 Å². The lowest BCUT2D eigenvalue weighted by Crippen LogP contribution is -2.55. The van der Waals surface area contributed by atoms with Crippen LogP contribution in [-0.2, 0) is 6.42 Å². The van der Waals surface area contributed by atoms with Crippen molar-refractivity contribution in [1.29, 1.82) is 0 Å². The number of hydrogen-bond donors (Lipinski definition) is 1. The van der Waals surface area contributed by atoms with Crippen LogP contribution in [0.1, 0.15) is 54.0 Å². The minimum absolute atomic E-state index is 0. The second kappa shape index (κ2) is 12.2. The Kier molecular flexibility index (Phi) is 12.5. The summed E-state index contributed by atoms with van der Waals surface area (Å²) in [5.41, 5.74) is 4.10. The Hall–Kier alpha value is -1.46. The molecule has 0 saturated heterocycles. The van der Waals surface area contributed by atoms with Gasteiger partial charge in [0, 0.05) is 5.56 Å². The molecule has 0 spiro atoms. The Labute approximate surface area is 190 Å². The van der Waals surface area contributed by atoms with Crippen LogP contribution in [0.15, 0.2) is 48.5 Å². The van der Waals surface area contributed by atoms with Gasteiger partial charge in [-0.1, -0.05) is 42.8 Å². The molecule has 0 fully saturated rings. The van der Waals surface area contributed by atoms with E-state index in [9.17, 15) is 9.59 Å². The van der Waals surface area contributed by atoms with Crippen molar-refractivity contribution >= 4 is 60.6 Å². The molecule has 0 aliphatic heterocycles. The quantitative estimate of drug-likeness (QED) is 0.583. The lowest BCUT2D eigenvalue weighted by atomic mass is 10.0. The van der Waals surface area contributed by atoms with E-state index in [1.54, 1.807) is 36.4 Å². The van der Waals surface area contributed by atoms with Gasteiger partial charge in [0.05, 0.1) is 16.1 Å². The Morgan fingerprint density at radius 2 is 1.50 bits per heavy atom. The van der Waals surface area contributed by atoms with Gasteiger partial charge in [0.1, 0.15) is 0 Å². The zero-order valence-corrected chi connectivity index (χ0v) is 19.4. The number of halogens is 4. The van der Waals surface area contributed by atoms with Crippen LogP contribution in [0.3, 0.4) is 0 Å². The van der Waals surface area contributed by atoms with E-state index in [4.69, 9.17) is 11.6 Å². The number of rotatable bonds is 3. The van der Waals surface area contributed by atoms with E-state index >= 15 is 0 Å². The molecule has 2 amide bonds. The zero-order chi connectivity index (χ0) is 18.6. The molecule has 1 N–H and O–H groups in total. The van der Waals surface area contributed by atoms with E-state index in [1.807, 2.05) is 32.9 Å². The first-order valence-electron chi connectivity index (χ1n) is 8.23. The fourth-order valence-electron chi connectivity index (χ4n) is 2.34. The minimum atomic E-state index is -0.600. The minimum Gasteiger partial charge on any atom is -0.267 e. The standard InChI is InChI=1S/C20H23ClN2O2.3ClH/c1-5-14-10-12-15(13-11-14)19(25)23(20(2,3)4)22-18(24)16-8-6-7-9-17(16)21;;;/h6-13H,5H2,1-4H3,(H,22,24);3*1H. The average molecular weight is 468 g/mol. The van der Waals surface area contributed by atoms with Gasteiger partial charge in [0.2, 0.25) is 0 Å². The molecule has 4 nitrogen and oxygen atoms in total. The highest BCUT2D eigenvalue weighted by molar-refractivity contribution is 6.33. The number of carbonyl (C=O) groups excluding carboxylic acids is 2. The van der Waals surface area contributed by atoms with Gasteiger partial charge in [-0.25, -0.2) is 5.01 Å². The number of hydrogen-bond acceptors (Lipinski definition) is 2. The summed E-state index contributed by atoms with van der Waals surface area (Å²) in [6.45, 7) is 7.64. The van der Waals surface area contributed by atoms with Crippen molar-refractivity contribution in [2.45, 2.75) is 39.7 Å². The molecular formula is C20H26Cl4N2O2. The number of carbonyl (C=O) groups is 2. The maximum Gasteiger partial charge on any atom is 0.272 e. The van der Waals surface area contributed by atoms with Crippen LogP contribution < -0.4 is 5.43 Å². The highest BCUT2D eigenvalue weighted by Crippen LogP contribution is 2.19. The molecule has 0 atom stereocenters. The van der Waals surface area contributed by atoms with Crippen molar-refractivity contribution < 1.29 is 9.59 Å². The summed E-state index contributed by atoms with van der Waals surface area (Å²) in [5.74, 6) is -0.686. The lowest BCUT2D eigenvalue weighted by Gasteiger charge is -2.35. The van der Waals surface area contributed by atoms with Gasteiger partial charge < -0.3 is 0 Å². The molecule has 28 heavy (non-hydrogen) atoms. The van der Waals surface area contributed by atoms with Gasteiger partial charge in [0.15, 0.2) is 0 Å². The number of amides is 2. The first kappa shape index (κ1) is 28.7. The van der Waals surface area contributed by atoms with Crippen LogP contribution in [0, 0.1) is 0 Å². The lowest BCUT2D eigenvalue weighted by molar-refractivity contribution is 0.0358. The van der Waals surface area contributed by atoms with Crippen LogP contribution in [0.4, 0.5) is 0 Å². The van der Waals surface area contributed by atoms with E-state index in [0.29, 0.717) is 16.1 Å². The Balaban J connectivity index is 0. The second-order valence-corrected chi connectivity index (χ2v) is 7.19. The third-order valence-electron chi connectivity index (χ3n) is 3.81. The molecule has 0 bridgehead atoms. The van der Waals surface area contributed by atoms with Crippen molar-refractivity contribution in [2.75, 3.05) is 0 Å². The van der Waals surface area contributed by atoms with E-state index < -0.39 is 11.4 Å². The first-order chi connectivity index (χ1) is 11.7. The van der Waals surface area contributed by atoms with Crippen LogP contribution in [0.5, 0.6) is 0 Å². The predicted molar refractivity (Wildman–Crippen MR) is 122 cm³/mol. The van der Waals surface area contributed by atoms with Gasteiger partial charge in [-0.3, -0.25) is 15.0 Å². The summed E-state index contributed by atoms with van der Waals surface area (Å²) >= 11 is 6.08. The number of aryl methyl sites for hydroxylation is 1. The summed E-state index contributed by atoms with van der Waals surface area (Å²) < 4.78 is 0. The predicted octanol–water partition coefficient (Wildman–Crippen LogP) is 5.75. The van der Waals surface area contributed by atoms with Gasteiger partial charge >= 0.3 is 0 Å². The van der Waals surface area contributed by atoms with Crippen LogP contribution >= 0.6 is 48.8 Å². The van der Waals surface area contributed by atoms with Gasteiger partial charge in [-0.2, -0.15) is 0 Å². The SMILES string of the molecule is CCc1ccc(C(=O)N(NC(=O)c2ccccc2Cl)C(C)(C)C)cc1.Cl.Cl.Cl. The number of hydrazine groups is 1. The summed E-state index contributed by atoms with van der Waals surface area (Å²) in [6.07, 6.45) is 0.903. The summed E-state index contributed by atoms with van der Waals surface area (Å²) in [6, 6.07) is 14.1. The van der Waals surface area contributed by atoms with E-state index in [1.165, 1.54) is 5.01 Å². The Morgan fingerprint density at radius 1 is 0.964 bits per heavy atom. The summed E-state index contributed by atoms with van der Waals surface area (Å²) in [4.78, 5) is 25.5. The molecule has 0 unspecified atom stereocenters. The van der Waals surface area contributed by atoms with Gasteiger partial charge in [-0.05, 0) is 57.0 Å². The maximum absolute atomic E-state index is 12.9. The fourth-order valence-corrected chi connectivity index (χ4v) is 2.56. The van der Waals surface area contributed by atoms with Crippen molar-refractivity contribution in [3.8, 4) is 0 Å². The number of nitrogens with zero attached hydrogens (tertiary/aromatic N) is 1. The molecule has 0 radical (unpaired) electrons. The molecule has 2 aromatic rings. The molecule has 8 heteroatoms. The van der Waals surface area contributed by atoms with Crippen LogP contribution in [-0.4, -0.2) is 22.4 Å². The first-order valence-corrected chi connectivity index (χ1v) is 8.61. The van der Waals surface area contributed by atoms with Crippen LogP contribution in [0.25, 0.3) is 0 Å². The van der Waals surface area contributed by atoms with E-state index in [0.717, 1.165) is 12.0 Å². The Bertz CT molecular complexity index is 775. The molecule has 0 aliphatic carbocycles. The van der Waals surface area contributed by atoms with Crippen molar-refractivity contribution in [1.82, 2.24) is 10.4 Å². The third-order valence-corrected chi connectivity index (χ3v) is 4.14. The molecule has 156 valence electrons. The topological polar surface area (TPSA) is 49.4 Å². The van der Waals surface area contributed by atoms with Gasteiger partial charge in [-0.15, -0.1) is 37.2 Å². The Morgan fingerprint density at radius 3 is 1.96 bits per heavy atom. The third kappa shape index (κ3) is 7.17. The summed E-state index contributed by atoms with van der Waals surface area (Å²) in [7, 11) is 0. The molecule has 0 heterocycles. The average Bonchev–Trinajstić information content (AvgIpc) is 2.58. The normalized spacial score (nSPS) is 9.89. The van der Waals surface area contributed by atoms with Crippen LogP contribution in [0.2, 0.25) is 5.02 Å². The van der Waals surface area contributed by atoms with Gasteiger partial charge in [0.25, 0.3) is 11.8 Å². The highest BCUT2D eigenvalue weighted by Gasteiger charge is 2.30. The molecular weight excluding hydrogens is 442 g/mol. The molecule has 0 aromatic heterocycles. The smallest absolute Gasteiger partial charge is 0.267 e. The highest BCUT2D eigenvalue weighted by atomic mass is 35.5. The maximum atomic E-state index is 12.9. The number of benzene rings is 2. The van der Waals surface area contributed by atoms with Crippen molar-refractivity contribution in [3.63, 3.8) is 0 Å². The van der Waals surface area contributed by atoms with Crippen molar-refractivity contribution in [2.24, 2.45) is 0 Å². The summed E-state index contributed by atoms with van der Waals surface area (Å²) in [5, 5.41) is 1.69. The molecule has 0 aliphatic rings. The van der Waals surface area contributed by atoms with E-state index in [2.05, 4.69) is 12.3 Å². The molecule has 2 rings (SSSR count). The zero-order valence-electron chi connectivity index (χ0n) is 16.2. The number of nitrogens with one attached hydrogen (secondary N) is 1. The monoisotopic (exact) mass is 466 g/mol. The second-order valence-electron chi connectivity index (χ2n) is 6.78. The largest absolute Gasteiger partial charge is 0.272 e.